The number of rotatable bonds is 7. The standard InChI is InChI=1S/C12H16Cl2N2O2/c13-6-8-16-12(17)15-7-3-9-18-11-5-2-1-4-10(11)14/h1-2,4-5H,3,6-9H2,(H2,15,16,17). The van der Waals surface area contributed by atoms with Crippen LogP contribution in [-0.2, 0) is 0 Å². The first-order valence-corrected chi connectivity index (χ1v) is 6.60. The molecular weight excluding hydrogens is 275 g/mol. The van der Waals surface area contributed by atoms with Crippen LogP contribution in [-0.4, -0.2) is 31.6 Å². The second-order valence-corrected chi connectivity index (χ2v) is 4.29. The highest BCUT2D eigenvalue weighted by Crippen LogP contribution is 2.22. The van der Waals surface area contributed by atoms with Crippen LogP contribution < -0.4 is 15.4 Å². The maximum absolute atomic E-state index is 11.1. The number of nitrogens with one attached hydrogen (secondary N) is 2. The summed E-state index contributed by atoms with van der Waals surface area (Å²) in [5.41, 5.74) is 0. The van der Waals surface area contributed by atoms with E-state index in [4.69, 9.17) is 27.9 Å². The van der Waals surface area contributed by atoms with Gasteiger partial charge in [-0.05, 0) is 18.6 Å². The Balaban J connectivity index is 2.09. The Morgan fingerprint density at radius 1 is 1.22 bits per heavy atom. The molecule has 0 aromatic heterocycles. The van der Waals surface area contributed by atoms with Gasteiger partial charge in [0.1, 0.15) is 5.75 Å². The highest BCUT2D eigenvalue weighted by Gasteiger charge is 2.00. The Morgan fingerprint density at radius 3 is 2.67 bits per heavy atom. The monoisotopic (exact) mass is 290 g/mol. The Hall–Kier alpha value is -1.13. The number of carbonyl (C=O) groups excluding carboxylic acids is 1. The van der Waals surface area contributed by atoms with Crippen LogP contribution in [0.3, 0.4) is 0 Å². The third-order valence-corrected chi connectivity index (χ3v) is 2.58. The number of ether oxygens (including phenoxy) is 1. The van der Waals surface area contributed by atoms with Crippen molar-refractivity contribution in [3.63, 3.8) is 0 Å². The number of amides is 2. The van der Waals surface area contributed by atoms with E-state index in [1.54, 1.807) is 6.07 Å². The zero-order valence-corrected chi connectivity index (χ0v) is 11.4. The van der Waals surface area contributed by atoms with Crippen molar-refractivity contribution in [1.82, 2.24) is 10.6 Å². The van der Waals surface area contributed by atoms with Crippen molar-refractivity contribution in [2.45, 2.75) is 6.42 Å². The summed E-state index contributed by atoms with van der Waals surface area (Å²) in [6.07, 6.45) is 0.708. The number of alkyl halides is 1. The van der Waals surface area contributed by atoms with E-state index < -0.39 is 0 Å². The summed E-state index contributed by atoms with van der Waals surface area (Å²) in [5, 5.41) is 5.89. The summed E-state index contributed by atoms with van der Waals surface area (Å²) in [4.78, 5) is 11.1. The molecule has 0 bridgehead atoms. The Labute approximate surface area is 117 Å². The average Bonchev–Trinajstić information content (AvgIpc) is 2.38. The van der Waals surface area contributed by atoms with Gasteiger partial charge in [-0.15, -0.1) is 11.6 Å². The summed E-state index contributed by atoms with van der Waals surface area (Å²) in [7, 11) is 0. The minimum Gasteiger partial charge on any atom is -0.492 e. The van der Waals surface area contributed by atoms with Crippen LogP contribution in [0.15, 0.2) is 24.3 Å². The molecule has 0 aliphatic heterocycles. The number of halogens is 2. The van der Waals surface area contributed by atoms with Gasteiger partial charge in [-0.2, -0.15) is 0 Å². The minimum atomic E-state index is -0.214. The molecule has 1 aromatic rings. The number of urea groups is 1. The second kappa shape index (κ2) is 8.89. The van der Waals surface area contributed by atoms with E-state index in [0.29, 0.717) is 42.8 Å². The summed E-state index contributed by atoms with van der Waals surface area (Å²) in [5.74, 6) is 1.06. The number of benzene rings is 1. The molecule has 18 heavy (non-hydrogen) atoms. The maximum atomic E-state index is 11.1. The molecule has 100 valence electrons. The molecule has 1 rings (SSSR count). The highest BCUT2D eigenvalue weighted by molar-refractivity contribution is 6.32. The molecule has 0 unspecified atom stereocenters. The number of para-hydroxylation sites is 1. The summed E-state index contributed by atoms with van der Waals surface area (Å²) in [6.45, 7) is 1.50. The van der Waals surface area contributed by atoms with Crippen LogP contribution in [0.1, 0.15) is 6.42 Å². The zero-order chi connectivity index (χ0) is 13.2. The predicted octanol–water partition coefficient (Wildman–Crippen LogP) is 2.65. The van der Waals surface area contributed by atoms with Crippen molar-refractivity contribution in [3.8, 4) is 5.75 Å². The Kier molecular flexibility index (Phi) is 7.37. The van der Waals surface area contributed by atoms with Crippen LogP contribution in [0.25, 0.3) is 0 Å². The molecule has 0 radical (unpaired) electrons. The number of hydrogen-bond donors (Lipinski definition) is 2. The number of carbonyl (C=O) groups is 1. The van der Waals surface area contributed by atoms with Gasteiger partial charge in [0, 0.05) is 19.0 Å². The molecule has 2 amide bonds. The Morgan fingerprint density at radius 2 is 1.94 bits per heavy atom. The molecule has 4 nitrogen and oxygen atoms in total. The van der Waals surface area contributed by atoms with Crippen molar-refractivity contribution < 1.29 is 9.53 Å². The largest absolute Gasteiger partial charge is 0.492 e. The maximum Gasteiger partial charge on any atom is 0.314 e. The van der Waals surface area contributed by atoms with E-state index in [-0.39, 0.29) is 6.03 Å². The predicted molar refractivity (Wildman–Crippen MR) is 73.7 cm³/mol. The van der Waals surface area contributed by atoms with Crippen LogP contribution in [0.5, 0.6) is 5.75 Å². The van der Waals surface area contributed by atoms with Crippen LogP contribution in [0.2, 0.25) is 5.02 Å². The molecule has 0 aliphatic rings. The van der Waals surface area contributed by atoms with Gasteiger partial charge >= 0.3 is 6.03 Å². The van der Waals surface area contributed by atoms with Gasteiger partial charge in [-0.3, -0.25) is 0 Å². The first-order chi connectivity index (χ1) is 8.74. The van der Waals surface area contributed by atoms with Gasteiger partial charge < -0.3 is 15.4 Å². The lowest BCUT2D eigenvalue weighted by atomic mass is 10.3. The van der Waals surface area contributed by atoms with Gasteiger partial charge in [0.05, 0.1) is 11.6 Å². The molecule has 0 heterocycles. The fourth-order valence-corrected chi connectivity index (χ4v) is 1.53. The molecule has 1 aromatic carbocycles. The first kappa shape index (κ1) is 14.9. The van der Waals surface area contributed by atoms with E-state index in [1.165, 1.54) is 0 Å². The lowest BCUT2D eigenvalue weighted by Gasteiger charge is -2.08. The van der Waals surface area contributed by atoms with Crippen molar-refractivity contribution in [2.75, 3.05) is 25.6 Å². The van der Waals surface area contributed by atoms with Crippen LogP contribution in [0.4, 0.5) is 4.79 Å². The van der Waals surface area contributed by atoms with Gasteiger partial charge in [0.25, 0.3) is 0 Å². The topological polar surface area (TPSA) is 50.4 Å². The van der Waals surface area contributed by atoms with E-state index in [1.807, 2.05) is 18.2 Å². The van der Waals surface area contributed by atoms with E-state index in [2.05, 4.69) is 10.6 Å². The van der Waals surface area contributed by atoms with Crippen molar-refractivity contribution in [1.29, 1.82) is 0 Å². The van der Waals surface area contributed by atoms with Crippen molar-refractivity contribution >= 4 is 29.2 Å². The molecule has 0 atom stereocenters. The van der Waals surface area contributed by atoms with Gasteiger partial charge in [0.2, 0.25) is 0 Å². The third kappa shape index (κ3) is 5.98. The number of hydrogen-bond acceptors (Lipinski definition) is 2. The summed E-state index contributed by atoms with van der Waals surface area (Å²) < 4.78 is 5.47. The van der Waals surface area contributed by atoms with Crippen molar-refractivity contribution in [3.05, 3.63) is 29.3 Å². The first-order valence-electron chi connectivity index (χ1n) is 5.69. The lowest BCUT2D eigenvalue weighted by molar-refractivity contribution is 0.239. The smallest absolute Gasteiger partial charge is 0.314 e. The Bertz CT molecular complexity index is 375. The van der Waals surface area contributed by atoms with Gasteiger partial charge in [0.15, 0.2) is 0 Å². The van der Waals surface area contributed by atoms with E-state index in [0.717, 1.165) is 0 Å². The lowest BCUT2D eigenvalue weighted by Crippen LogP contribution is -2.37. The summed E-state index contributed by atoms with van der Waals surface area (Å²) >= 11 is 11.4. The highest BCUT2D eigenvalue weighted by atomic mass is 35.5. The molecule has 6 heteroatoms. The molecular formula is C12H16Cl2N2O2. The van der Waals surface area contributed by atoms with E-state index >= 15 is 0 Å². The molecule has 2 N–H and O–H groups in total. The fourth-order valence-electron chi connectivity index (χ4n) is 1.24. The summed E-state index contributed by atoms with van der Waals surface area (Å²) in [6, 6.07) is 7.07. The average molecular weight is 291 g/mol. The van der Waals surface area contributed by atoms with E-state index in [9.17, 15) is 4.79 Å². The minimum absolute atomic E-state index is 0.214. The fraction of sp³-hybridized carbons (Fsp3) is 0.417. The third-order valence-electron chi connectivity index (χ3n) is 2.08. The normalized spacial score (nSPS) is 9.89. The second-order valence-electron chi connectivity index (χ2n) is 3.50. The quantitative estimate of drug-likeness (QED) is 0.599. The van der Waals surface area contributed by atoms with Gasteiger partial charge in [-0.25, -0.2) is 4.79 Å². The molecule has 0 spiro atoms. The molecule has 0 aliphatic carbocycles. The SMILES string of the molecule is O=C(NCCCl)NCCCOc1ccccc1Cl. The molecule has 0 fully saturated rings. The molecule has 0 saturated carbocycles. The zero-order valence-electron chi connectivity index (χ0n) is 9.92. The van der Waals surface area contributed by atoms with Gasteiger partial charge in [-0.1, -0.05) is 23.7 Å². The van der Waals surface area contributed by atoms with Crippen LogP contribution in [0, 0.1) is 0 Å². The van der Waals surface area contributed by atoms with Crippen molar-refractivity contribution in [2.24, 2.45) is 0 Å². The molecule has 0 saturated heterocycles. The van der Waals surface area contributed by atoms with Crippen LogP contribution >= 0.6 is 23.2 Å².